The number of nitrogens with zero attached hydrogens (tertiary/aromatic N) is 1. The summed E-state index contributed by atoms with van der Waals surface area (Å²) in [5.41, 5.74) is 7.87. The maximum Gasteiger partial charge on any atom is 0.161 e. The van der Waals surface area contributed by atoms with Gasteiger partial charge in [0.2, 0.25) is 0 Å². The van der Waals surface area contributed by atoms with Gasteiger partial charge in [-0.25, -0.2) is 0 Å². The number of hydrogen-bond acceptors (Lipinski definition) is 4. The highest BCUT2D eigenvalue weighted by Gasteiger charge is 2.11. The molecule has 4 heteroatoms. The van der Waals surface area contributed by atoms with Crippen molar-refractivity contribution in [3.63, 3.8) is 0 Å². The molecule has 108 valence electrons. The molecule has 1 atom stereocenters. The van der Waals surface area contributed by atoms with Crippen molar-refractivity contribution in [3.05, 3.63) is 59.7 Å². The zero-order valence-electron chi connectivity index (χ0n) is 12.0. The first-order chi connectivity index (χ1) is 10.2. The Balaban J connectivity index is 2.11. The van der Waals surface area contributed by atoms with Gasteiger partial charge in [-0.15, -0.1) is 0 Å². The maximum absolute atomic E-state index is 8.70. The first kappa shape index (κ1) is 14.9. The van der Waals surface area contributed by atoms with E-state index in [0.29, 0.717) is 18.1 Å². The Kier molecular flexibility index (Phi) is 5.19. The molecule has 0 bridgehead atoms. The molecule has 2 rings (SSSR count). The van der Waals surface area contributed by atoms with Gasteiger partial charge in [0.05, 0.1) is 19.6 Å². The van der Waals surface area contributed by atoms with Gasteiger partial charge in [-0.1, -0.05) is 36.4 Å². The van der Waals surface area contributed by atoms with Crippen LogP contribution in [0.4, 0.5) is 0 Å². The van der Waals surface area contributed by atoms with E-state index in [1.807, 2.05) is 48.5 Å². The standard InChI is InChI=1S/C17H18N2O2/c1-20-17-11-14(15(19)9-10-18)7-8-16(17)21-12-13-5-3-2-4-6-13/h2-8,11,15H,9,12,19H2,1H3/t15-/m0/s1. The van der Waals surface area contributed by atoms with E-state index in [9.17, 15) is 0 Å². The number of ether oxygens (including phenoxy) is 2. The number of nitriles is 1. The molecule has 0 spiro atoms. The highest BCUT2D eigenvalue weighted by Crippen LogP contribution is 2.31. The van der Waals surface area contributed by atoms with E-state index in [0.717, 1.165) is 11.1 Å². The van der Waals surface area contributed by atoms with Crippen molar-refractivity contribution in [1.82, 2.24) is 0 Å². The summed E-state index contributed by atoms with van der Waals surface area (Å²) in [4.78, 5) is 0. The van der Waals surface area contributed by atoms with Crippen molar-refractivity contribution in [2.45, 2.75) is 19.1 Å². The lowest BCUT2D eigenvalue weighted by Crippen LogP contribution is -2.09. The molecule has 0 unspecified atom stereocenters. The largest absolute Gasteiger partial charge is 0.493 e. The molecular formula is C17H18N2O2. The molecule has 4 nitrogen and oxygen atoms in total. The zero-order chi connectivity index (χ0) is 15.1. The average molecular weight is 282 g/mol. The third-order valence-electron chi connectivity index (χ3n) is 3.16. The molecular weight excluding hydrogens is 264 g/mol. The van der Waals surface area contributed by atoms with Crippen LogP contribution in [0.15, 0.2) is 48.5 Å². The third-order valence-corrected chi connectivity index (χ3v) is 3.16. The van der Waals surface area contributed by atoms with Gasteiger partial charge in [0, 0.05) is 6.04 Å². The number of hydrogen-bond donors (Lipinski definition) is 1. The molecule has 2 aromatic rings. The minimum Gasteiger partial charge on any atom is -0.493 e. The van der Waals surface area contributed by atoms with Crippen molar-refractivity contribution in [1.29, 1.82) is 5.26 Å². The summed E-state index contributed by atoms with van der Waals surface area (Å²) in [7, 11) is 1.59. The van der Waals surface area contributed by atoms with Crippen LogP contribution in [-0.4, -0.2) is 7.11 Å². The van der Waals surface area contributed by atoms with Gasteiger partial charge in [-0.05, 0) is 23.3 Å². The van der Waals surface area contributed by atoms with E-state index in [4.69, 9.17) is 20.5 Å². The molecule has 0 radical (unpaired) electrons. The Bertz CT molecular complexity index is 620. The van der Waals surface area contributed by atoms with E-state index < -0.39 is 0 Å². The van der Waals surface area contributed by atoms with Gasteiger partial charge in [0.1, 0.15) is 6.61 Å². The van der Waals surface area contributed by atoms with E-state index in [2.05, 4.69) is 6.07 Å². The second-order valence-corrected chi connectivity index (χ2v) is 4.65. The molecule has 0 aliphatic heterocycles. The highest BCUT2D eigenvalue weighted by atomic mass is 16.5. The summed E-state index contributed by atoms with van der Waals surface area (Å²) in [6.45, 7) is 0.473. The summed E-state index contributed by atoms with van der Waals surface area (Å²) >= 11 is 0. The van der Waals surface area contributed by atoms with Crippen LogP contribution in [0.1, 0.15) is 23.6 Å². The molecule has 0 aliphatic rings. The second kappa shape index (κ2) is 7.32. The van der Waals surface area contributed by atoms with Gasteiger partial charge in [-0.2, -0.15) is 5.26 Å². The number of benzene rings is 2. The van der Waals surface area contributed by atoms with Crippen LogP contribution in [0.25, 0.3) is 0 Å². The summed E-state index contributed by atoms with van der Waals surface area (Å²) in [6.07, 6.45) is 0.271. The van der Waals surface area contributed by atoms with Crippen LogP contribution < -0.4 is 15.2 Å². The minimum atomic E-state index is -0.313. The molecule has 21 heavy (non-hydrogen) atoms. The number of rotatable bonds is 6. The van der Waals surface area contributed by atoms with Crippen LogP contribution >= 0.6 is 0 Å². The SMILES string of the molecule is COc1cc([C@@H](N)CC#N)ccc1OCc1ccccc1. The Labute approximate surface area is 124 Å². The minimum absolute atomic E-state index is 0.271. The predicted octanol–water partition coefficient (Wildman–Crippen LogP) is 3.19. The summed E-state index contributed by atoms with van der Waals surface area (Å²) < 4.78 is 11.1. The molecule has 0 aromatic heterocycles. The Hall–Kier alpha value is -2.51. The quantitative estimate of drug-likeness (QED) is 0.883. The fourth-order valence-electron chi connectivity index (χ4n) is 1.99. The van der Waals surface area contributed by atoms with Crippen LogP contribution in [0.2, 0.25) is 0 Å². The molecule has 0 saturated carbocycles. The average Bonchev–Trinajstić information content (AvgIpc) is 2.54. The predicted molar refractivity (Wildman–Crippen MR) is 80.9 cm³/mol. The van der Waals surface area contributed by atoms with Gasteiger partial charge in [0.25, 0.3) is 0 Å². The van der Waals surface area contributed by atoms with Gasteiger partial charge >= 0.3 is 0 Å². The van der Waals surface area contributed by atoms with E-state index in [1.165, 1.54) is 0 Å². The lowest BCUT2D eigenvalue weighted by molar-refractivity contribution is 0.284. The van der Waals surface area contributed by atoms with Crippen molar-refractivity contribution in [2.24, 2.45) is 5.73 Å². The normalized spacial score (nSPS) is 11.5. The van der Waals surface area contributed by atoms with Gasteiger partial charge in [-0.3, -0.25) is 0 Å². The summed E-state index contributed by atoms with van der Waals surface area (Å²) in [5, 5.41) is 8.70. The van der Waals surface area contributed by atoms with E-state index >= 15 is 0 Å². The van der Waals surface area contributed by atoms with Crippen LogP contribution in [0.5, 0.6) is 11.5 Å². The van der Waals surface area contributed by atoms with Gasteiger partial charge < -0.3 is 15.2 Å². The van der Waals surface area contributed by atoms with Crippen molar-refractivity contribution in [2.75, 3.05) is 7.11 Å². The second-order valence-electron chi connectivity index (χ2n) is 4.65. The molecule has 0 fully saturated rings. The fraction of sp³-hybridized carbons (Fsp3) is 0.235. The van der Waals surface area contributed by atoms with Crippen LogP contribution in [-0.2, 0) is 6.61 Å². The molecule has 2 aromatic carbocycles. The Morgan fingerprint density at radius 3 is 2.57 bits per heavy atom. The van der Waals surface area contributed by atoms with Crippen molar-refractivity contribution >= 4 is 0 Å². The zero-order valence-corrected chi connectivity index (χ0v) is 12.0. The number of methoxy groups -OCH3 is 1. The fourth-order valence-corrected chi connectivity index (χ4v) is 1.99. The van der Waals surface area contributed by atoms with Crippen molar-refractivity contribution < 1.29 is 9.47 Å². The van der Waals surface area contributed by atoms with Crippen molar-refractivity contribution in [3.8, 4) is 17.6 Å². The van der Waals surface area contributed by atoms with E-state index in [1.54, 1.807) is 7.11 Å². The Morgan fingerprint density at radius 2 is 1.90 bits per heavy atom. The van der Waals surface area contributed by atoms with E-state index in [-0.39, 0.29) is 12.5 Å². The molecule has 0 amide bonds. The highest BCUT2D eigenvalue weighted by molar-refractivity contribution is 5.44. The molecule has 0 heterocycles. The molecule has 0 saturated heterocycles. The Morgan fingerprint density at radius 1 is 1.14 bits per heavy atom. The topological polar surface area (TPSA) is 68.3 Å². The summed E-state index contributed by atoms with van der Waals surface area (Å²) in [6, 6.07) is 17.2. The smallest absolute Gasteiger partial charge is 0.161 e. The lowest BCUT2D eigenvalue weighted by atomic mass is 10.0. The third kappa shape index (κ3) is 3.98. The first-order valence-electron chi connectivity index (χ1n) is 6.71. The number of nitrogens with two attached hydrogens (primary N) is 1. The van der Waals surface area contributed by atoms with Crippen LogP contribution in [0, 0.1) is 11.3 Å². The molecule has 0 aliphatic carbocycles. The molecule has 2 N–H and O–H groups in total. The monoisotopic (exact) mass is 282 g/mol. The summed E-state index contributed by atoms with van der Waals surface area (Å²) in [5.74, 6) is 1.28. The van der Waals surface area contributed by atoms with Gasteiger partial charge in [0.15, 0.2) is 11.5 Å². The lowest BCUT2D eigenvalue weighted by Gasteiger charge is -2.14. The maximum atomic E-state index is 8.70. The van der Waals surface area contributed by atoms with Crippen LogP contribution in [0.3, 0.4) is 0 Å². The first-order valence-corrected chi connectivity index (χ1v) is 6.71.